The van der Waals surface area contributed by atoms with Crippen LogP contribution in [0.15, 0.2) is 40.8 Å². The largest absolute Gasteiger partial charge is 0.367 e. The van der Waals surface area contributed by atoms with Gasteiger partial charge in [-0.2, -0.15) is 5.10 Å². The van der Waals surface area contributed by atoms with E-state index in [1.807, 2.05) is 17.5 Å². The van der Waals surface area contributed by atoms with Crippen molar-refractivity contribution in [1.29, 1.82) is 0 Å². The number of nitrogens with one attached hydrogen (secondary N) is 1. The van der Waals surface area contributed by atoms with Crippen LogP contribution in [0.3, 0.4) is 0 Å². The van der Waals surface area contributed by atoms with Gasteiger partial charge in [-0.3, -0.25) is 4.79 Å². The molecule has 2 heterocycles. The third-order valence-corrected chi connectivity index (χ3v) is 5.46. The molecule has 2 aromatic rings. The number of nitrogens with zero attached hydrogens (tertiary/aromatic N) is 3. The number of thiophene rings is 1. The average Bonchev–Trinajstić information content (AvgIpc) is 3.21. The second-order valence-electron chi connectivity index (χ2n) is 6.20. The monoisotopic (exact) mass is 374 g/mol. The number of hydrogen-bond donors (Lipinski definition) is 1. The molecule has 0 atom stereocenters. The number of amides is 1. The lowest BCUT2D eigenvalue weighted by molar-refractivity contribution is 0.0959. The number of rotatable bonds is 5. The van der Waals surface area contributed by atoms with E-state index in [0.29, 0.717) is 21.8 Å². The van der Waals surface area contributed by atoms with Crippen molar-refractivity contribution in [1.82, 2.24) is 10.3 Å². The Balaban J connectivity index is 1.66. The first-order valence-electron chi connectivity index (χ1n) is 8.74. The number of carbonyl (C=O) groups excluding carboxylic acids is 1. The summed E-state index contributed by atoms with van der Waals surface area (Å²) in [5.41, 5.74) is 4.36. The highest BCUT2D eigenvalue weighted by Crippen LogP contribution is 2.22. The molecule has 1 amide bonds. The number of likely N-dealkylation sites (N-methyl/N-ethyl adjacent to an activating group) is 1. The average molecular weight is 374 g/mol. The number of halogens is 1. The first kappa shape index (κ1) is 18.5. The maximum Gasteiger partial charge on any atom is 0.281 e. The molecule has 5 nitrogen and oxygen atoms in total. The van der Waals surface area contributed by atoms with Gasteiger partial charge in [-0.25, -0.2) is 9.82 Å². The fraction of sp³-hybridized carbons (Fsp3) is 0.368. The van der Waals surface area contributed by atoms with Gasteiger partial charge < -0.3 is 9.80 Å². The molecule has 0 bridgehead atoms. The van der Waals surface area contributed by atoms with Crippen LogP contribution in [-0.4, -0.2) is 49.2 Å². The zero-order valence-corrected chi connectivity index (χ0v) is 15.9. The normalized spacial score (nSPS) is 16.0. The van der Waals surface area contributed by atoms with Gasteiger partial charge in [-0.15, -0.1) is 11.3 Å². The summed E-state index contributed by atoms with van der Waals surface area (Å²) in [5, 5.41) is 5.92. The maximum atomic E-state index is 14.6. The minimum Gasteiger partial charge on any atom is -0.367 e. The fourth-order valence-electron chi connectivity index (χ4n) is 2.96. The lowest BCUT2D eigenvalue weighted by atomic mass is 10.1. The highest BCUT2D eigenvalue weighted by atomic mass is 32.1. The quantitative estimate of drug-likeness (QED) is 0.646. The van der Waals surface area contributed by atoms with Gasteiger partial charge in [0, 0.05) is 31.7 Å². The summed E-state index contributed by atoms with van der Waals surface area (Å²) in [6.07, 6.45) is 0. The van der Waals surface area contributed by atoms with Crippen molar-refractivity contribution in [3.63, 3.8) is 0 Å². The highest BCUT2D eigenvalue weighted by Gasteiger charge is 2.19. The standard InChI is InChI=1S/C19H23FN4OS/c1-3-23-8-10-24(11-9-23)17-7-6-15(13-16(17)20)14(2)21-22-19(25)18-5-4-12-26-18/h4-7,12-13H,3,8-11H2,1-2H3,(H,22,25)/b21-14-. The van der Waals surface area contributed by atoms with Crippen LogP contribution in [0.25, 0.3) is 0 Å². The summed E-state index contributed by atoms with van der Waals surface area (Å²) in [4.78, 5) is 17.0. The summed E-state index contributed by atoms with van der Waals surface area (Å²) in [7, 11) is 0. The maximum absolute atomic E-state index is 14.6. The molecule has 0 aliphatic carbocycles. The van der Waals surface area contributed by atoms with Crippen molar-refractivity contribution in [3.8, 4) is 0 Å². The molecule has 1 aliphatic heterocycles. The Hall–Kier alpha value is -2.25. The third-order valence-electron chi connectivity index (χ3n) is 4.60. The van der Waals surface area contributed by atoms with E-state index < -0.39 is 0 Å². The second kappa shape index (κ2) is 8.42. The molecule has 26 heavy (non-hydrogen) atoms. The first-order chi connectivity index (χ1) is 12.6. The zero-order valence-electron chi connectivity index (χ0n) is 15.0. The highest BCUT2D eigenvalue weighted by molar-refractivity contribution is 7.12. The Labute approximate surface area is 157 Å². The molecule has 1 aromatic carbocycles. The van der Waals surface area contributed by atoms with Gasteiger partial charge in [-0.1, -0.05) is 19.1 Å². The van der Waals surface area contributed by atoms with Gasteiger partial charge in [0.25, 0.3) is 5.91 Å². The van der Waals surface area contributed by atoms with Crippen molar-refractivity contribution < 1.29 is 9.18 Å². The summed E-state index contributed by atoms with van der Waals surface area (Å²) in [6, 6.07) is 8.67. The second-order valence-corrected chi connectivity index (χ2v) is 7.15. The molecule has 138 valence electrons. The fourth-order valence-corrected chi connectivity index (χ4v) is 3.57. The van der Waals surface area contributed by atoms with Crippen LogP contribution in [-0.2, 0) is 0 Å². The number of anilines is 1. The van der Waals surface area contributed by atoms with Gasteiger partial charge in [0.05, 0.1) is 16.3 Å². The number of hydrogen-bond acceptors (Lipinski definition) is 5. The van der Waals surface area contributed by atoms with Crippen LogP contribution < -0.4 is 10.3 Å². The minimum atomic E-state index is -0.259. The van der Waals surface area contributed by atoms with E-state index in [2.05, 4.69) is 27.3 Å². The first-order valence-corrected chi connectivity index (χ1v) is 9.62. The molecule has 0 saturated carbocycles. The zero-order chi connectivity index (χ0) is 18.5. The molecule has 0 unspecified atom stereocenters. The van der Waals surface area contributed by atoms with Gasteiger partial charge >= 0.3 is 0 Å². The summed E-state index contributed by atoms with van der Waals surface area (Å²) < 4.78 is 14.6. The Morgan fingerprint density at radius 2 is 2.04 bits per heavy atom. The number of hydrazone groups is 1. The molecule has 0 radical (unpaired) electrons. The minimum absolute atomic E-state index is 0.258. The van der Waals surface area contributed by atoms with E-state index in [4.69, 9.17) is 0 Å². The number of benzene rings is 1. The van der Waals surface area contributed by atoms with Crippen LogP contribution >= 0.6 is 11.3 Å². The van der Waals surface area contributed by atoms with E-state index in [1.54, 1.807) is 19.1 Å². The van der Waals surface area contributed by atoms with E-state index in [-0.39, 0.29) is 11.7 Å². The number of piperazine rings is 1. The molecule has 3 rings (SSSR count). The molecular weight excluding hydrogens is 351 g/mol. The molecule has 1 aliphatic rings. The summed E-state index contributed by atoms with van der Waals surface area (Å²) in [5.74, 6) is -0.517. The summed E-state index contributed by atoms with van der Waals surface area (Å²) >= 11 is 1.35. The molecule has 1 fully saturated rings. The van der Waals surface area contributed by atoms with Crippen molar-refractivity contribution in [2.45, 2.75) is 13.8 Å². The molecule has 1 saturated heterocycles. The molecular formula is C19H23FN4OS. The lowest BCUT2D eigenvalue weighted by Crippen LogP contribution is -2.46. The lowest BCUT2D eigenvalue weighted by Gasteiger charge is -2.35. The van der Waals surface area contributed by atoms with E-state index in [9.17, 15) is 9.18 Å². The van der Waals surface area contributed by atoms with E-state index in [0.717, 1.165) is 32.7 Å². The molecule has 1 aromatic heterocycles. The molecule has 1 N–H and O–H groups in total. The SMILES string of the molecule is CCN1CCN(c2ccc(/C(C)=N\NC(=O)c3cccs3)cc2F)CC1. The van der Waals surface area contributed by atoms with Crippen LogP contribution in [0.1, 0.15) is 29.1 Å². The predicted octanol–water partition coefficient (Wildman–Crippen LogP) is 3.18. The Bertz CT molecular complexity index is 783. The van der Waals surface area contributed by atoms with Crippen LogP contribution in [0, 0.1) is 5.82 Å². The van der Waals surface area contributed by atoms with Crippen LogP contribution in [0.4, 0.5) is 10.1 Å². The Morgan fingerprint density at radius 1 is 1.27 bits per heavy atom. The number of carbonyl (C=O) groups is 1. The van der Waals surface area contributed by atoms with Gasteiger partial charge in [0.2, 0.25) is 0 Å². The predicted molar refractivity (Wildman–Crippen MR) is 105 cm³/mol. The van der Waals surface area contributed by atoms with Crippen molar-refractivity contribution in [2.24, 2.45) is 5.10 Å². The van der Waals surface area contributed by atoms with E-state index in [1.165, 1.54) is 17.4 Å². The Morgan fingerprint density at radius 3 is 2.65 bits per heavy atom. The van der Waals surface area contributed by atoms with Crippen molar-refractivity contribution in [2.75, 3.05) is 37.6 Å². The Kier molecular flexibility index (Phi) is 6.00. The van der Waals surface area contributed by atoms with Crippen LogP contribution in [0.2, 0.25) is 0 Å². The van der Waals surface area contributed by atoms with Gasteiger partial charge in [0.15, 0.2) is 0 Å². The van der Waals surface area contributed by atoms with E-state index >= 15 is 0 Å². The molecule has 0 spiro atoms. The third kappa shape index (κ3) is 4.28. The van der Waals surface area contributed by atoms with Gasteiger partial charge in [0.1, 0.15) is 5.82 Å². The smallest absolute Gasteiger partial charge is 0.281 e. The molecule has 7 heteroatoms. The summed E-state index contributed by atoms with van der Waals surface area (Å²) in [6.45, 7) is 8.48. The topological polar surface area (TPSA) is 47.9 Å². The van der Waals surface area contributed by atoms with Crippen molar-refractivity contribution in [3.05, 3.63) is 52.0 Å². The van der Waals surface area contributed by atoms with Crippen molar-refractivity contribution >= 4 is 28.6 Å². The van der Waals surface area contributed by atoms with Gasteiger partial charge in [-0.05, 0) is 37.0 Å². The van der Waals surface area contributed by atoms with Crippen LogP contribution in [0.5, 0.6) is 0 Å².